The first-order valence-electron chi connectivity index (χ1n) is 14.4. The topological polar surface area (TPSA) is 150 Å². The van der Waals surface area contributed by atoms with Gasteiger partial charge in [-0.15, -0.1) is 0 Å². The molecule has 0 aromatic heterocycles. The Labute approximate surface area is 230 Å². The third kappa shape index (κ3) is 18.6. The second kappa shape index (κ2) is 22.3. The van der Waals surface area contributed by atoms with E-state index in [1.54, 1.807) is 14.0 Å². The zero-order chi connectivity index (χ0) is 28.9. The van der Waals surface area contributed by atoms with Gasteiger partial charge in [0.2, 0.25) is 0 Å². The van der Waals surface area contributed by atoms with Gasteiger partial charge in [-0.2, -0.15) is 0 Å². The van der Waals surface area contributed by atoms with Gasteiger partial charge in [0.15, 0.2) is 0 Å². The van der Waals surface area contributed by atoms with Gasteiger partial charge < -0.3 is 30.9 Å². The van der Waals surface area contributed by atoms with Gasteiger partial charge >= 0.3 is 5.97 Å². The van der Waals surface area contributed by atoms with Crippen molar-refractivity contribution in [1.82, 2.24) is 0 Å². The van der Waals surface area contributed by atoms with Crippen molar-refractivity contribution in [2.24, 2.45) is 23.5 Å². The summed E-state index contributed by atoms with van der Waals surface area (Å²) in [4.78, 5) is 23.2. The Kier molecular flexibility index (Phi) is 21.3. The first-order chi connectivity index (χ1) is 18.0. The Bertz CT molecular complexity index is 694. The van der Waals surface area contributed by atoms with Crippen molar-refractivity contribution in [3.63, 3.8) is 0 Å². The van der Waals surface area contributed by atoms with Crippen molar-refractivity contribution in [3.8, 4) is 0 Å². The van der Waals surface area contributed by atoms with E-state index in [0.29, 0.717) is 56.3 Å². The number of aliphatic hydroxyl groups excluding tert-OH is 3. The van der Waals surface area contributed by atoms with E-state index < -0.39 is 24.3 Å². The lowest BCUT2D eigenvalue weighted by atomic mass is 9.92. The highest BCUT2D eigenvalue weighted by Gasteiger charge is 2.19. The minimum Gasteiger partial charge on any atom is -0.481 e. The van der Waals surface area contributed by atoms with Gasteiger partial charge in [-0.25, -0.2) is 0 Å². The molecule has 6 N–H and O–H groups in total. The van der Waals surface area contributed by atoms with Crippen molar-refractivity contribution < 1.29 is 34.8 Å². The molecule has 0 aliphatic carbocycles. The minimum atomic E-state index is -1.02. The summed E-state index contributed by atoms with van der Waals surface area (Å²) in [5, 5.41) is 38.8. The number of hydrogen-bond acceptors (Lipinski definition) is 7. The Hall–Kier alpha value is -1.58. The minimum absolute atomic E-state index is 0.0481. The molecule has 0 spiro atoms. The number of allylic oxidation sites excluding steroid dienone is 3. The van der Waals surface area contributed by atoms with Crippen LogP contribution in [0.1, 0.15) is 97.8 Å². The van der Waals surface area contributed by atoms with E-state index in [4.69, 9.17) is 15.6 Å². The summed E-state index contributed by atoms with van der Waals surface area (Å²) in [7, 11) is 1.62. The summed E-state index contributed by atoms with van der Waals surface area (Å²) in [6, 6.07) is 0. The zero-order valence-electron chi connectivity index (χ0n) is 24.2. The highest BCUT2D eigenvalue weighted by atomic mass is 16.5. The number of aliphatic hydroxyl groups is 3. The number of unbranched alkanes of at least 4 members (excludes halogenated alkanes) is 1. The number of carbonyl (C=O) groups is 2. The number of Topliss-reactive ketones (excluding diaryl/α,β-unsaturated/α-hetero) is 1. The van der Waals surface area contributed by atoms with E-state index in [9.17, 15) is 24.9 Å². The van der Waals surface area contributed by atoms with E-state index in [0.717, 1.165) is 44.1 Å². The number of methoxy groups -OCH3 is 1. The molecule has 0 aromatic carbocycles. The Balaban J connectivity index is 4.38. The second-order valence-corrected chi connectivity index (χ2v) is 10.9. The summed E-state index contributed by atoms with van der Waals surface area (Å²) in [5.74, 6) is -0.0176. The van der Waals surface area contributed by atoms with Crippen LogP contribution in [0.2, 0.25) is 0 Å². The Morgan fingerprint density at radius 3 is 2.21 bits per heavy atom. The largest absolute Gasteiger partial charge is 0.481 e. The molecular weight excluding hydrogens is 486 g/mol. The molecular formula is C30H55NO7. The van der Waals surface area contributed by atoms with Crippen LogP contribution < -0.4 is 5.73 Å². The van der Waals surface area contributed by atoms with Crippen molar-refractivity contribution in [3.05, 3.63) is 23.8 Å². The number of rotatable bonds is 24. The average Bonchev–Trinajstić information content (AvgIpc) is 2.88. The average molecular weight is 542 g/mol. The summed E-state index contributed by atoms with van der Waals surface area (Å²) in [6.45, 7) is 6.44. The SMILES string of the molecule is CC[C@@H](/C=C/C=C(/CC[C@@H](O)[C@@H](O)C[C@H](O)CN)COC)CCCC(=O)CCCC[C@@H](C)C[C@H](C)C(=O)O. The molecule has 0 saturated carbocycles. The molecule has 0 amide bonds. The van der Waals surface area contributed by atoms with Gasteiger partial charge in [0.1, 0.15) is 5.78 Å². The number of carboxylic acid groups (broad SMARTS) is 1. The van der Waals surface area contributed by atoms with E-state index in [2.05, 4.69) is 19.9 Å². The van der Waals surface area contributed by atoms with E-state index in [1.807, 2.05) is 12.2 Å². The van der Waals surface area contributed by atoms with Crippen LogP contribution in [0.15, 0.2) is 23.8 Å². The maximum atomic E-state index is 12.3. The van der Waals surface area contributed by atoms with Crippen LogP contribution in [0.5, 0.6) is 0 Å². The predicted octanol–water partition coefficient (Wildman–Crippen LogP) is 4.40. The molecule has 38 heavy (non-hydrogen) atoms. The van der Waals surface area contributed by atoms with Crippen molar-refractivity contribution in [2.75, 3.05) is 20.3 Å². The monoisotopic (exact) mass is 541 g/mol. The molecule has 0 fully saturated rings. The molecule has 0 aromatic rings. The van der Waals surface area contributed by atoms with Crippen LogP contribution >= 0.6 is 0 Å². The number of ether oxygens (including phenoxy) is 1. The number of carbonyl (C=O) groups excluding carboxylic acids is 1. The maximum Gasteiger partial charge on any atom is 0.306 e. The number of hydrogen-bond donors (Lipinski definition) is 5. The van der Waals surface area contributed by atoms with Crippen LogP contribution in [-0.4, -0.2) is 70.8 Å². The zero-order valence-corrected chi connectivity index (χ0v) is 24.2. The molecule has 6 atom stereocenters. The van der Waals surface area contributed by atoms with Crippen LogP contribution in [0.25, 0.3) is 0 Å². The molecule has 8 heteroatoms. The van der Waals surface area contributed by atoms with Crippen molar-refractivity contribution >= 4 is 11.8 Å². The van der Waals surface area contributed by atoms with E-state index >= 15 is 0 Å². The number of carboxylic acids is 1. The molecule has 0 unspecified atom stereocenters. The van der Waals surface area contributed by atoms with Crippen LogP contribution in [0.4, 0.5) is 0 Å². The predicted molar refractivity (Wildman–Crippen MR) is 152 cm³/mol. The van der Waals surface area contributed by atoms with Gasteiger partial charge in [-0.3, -0.25) is 9.59 Å². The molecule has 222 valence electrons. The first-order valence-corrected chi connectivity index (χ1v) is 14.4. The van der Waals surface area contributed by atoms with Crippen LogP contribution in [0, 0.1) is 17.8 Å². The fourth-order valence-corrected chi connectivity index (χ4v) is 4.56. The second-order valence-electron chi connectivity index (χ2n) is 10.9. The summed E-state index contributed by atoms with van der Waals surface area (Å²) >= 11 is 0. The molecule has 0 bridgehead atoms. The van der Waals surface area contributed by atoms with E-state index in [1.165, 1.54) is 0 Å². The lowest BCUT2D eigenvalue weighted by molar-refractivity contribution is -0.141. The van der Waals surface area contributed by atoms with Crippen molar-refractivity contribution in [2.45, 2.75) is 116 Å². The third-order valence-electron chi connectivity index (χ3n) is 7.17. The quantitative estimate of drug-likeness (QED) is 0.0891. The summed E-state index contributed by atoms with van der Waals surface area (Å²) in [5.41, 5.74) is 6.37. The highest BCUT2D eigenvalue weighted by Crippen LogP contribution is 2.20. The lowest BCUT2D eigenvalue weighted by Gasteiger charge is -2.20. The lowest BCUT2D eigenvalue weighted by Crippen LogP contribution is -2.33. The molecule has 0 aliphatic rings. The normalized spacial score (nSPS) is 17.2. The van der Waals surface area contributed by atoms with Crippen LogP contribution in [-0.2, 0) is 14.3 Å². The summed E-state index contributed by atoms with van der Waals surface area (Å²) < 4.78 is 5.27. The summed E-state index contributed by atoms with van der Waals surface area (Å²) in [6.07, 6.45) is 11.8. The first kappa shape index (κ1) is 36.4. The van der Waals surface area contributed by atoms with Gasteiger partial charge in [0.25, 0.3) is 0 Å². The Morgan fingerprint density at radius 2 is 1.61 bits per heavy atom. The Morgan fingerprint density at radius 1 is 0.921 bits per heavy atom. The number of aliphatic carboxylic acids is 1. The number of nitrogens with two attached hydrogens (primary N) is 1. The molecule has 0 saturated heterocycles. The van der Waals surface area contributed by atoms with Crippen molar-refractivity contribution in [1.29, 1.82) is 0 Å². The number of ketones is 1. The fourth-order valence-electron chi connectivity index (χ4n) is 4.56. The van der Waals surface area contributed by atoms with Gasteiger partial charge in [0, 0.05) is 32.9 Å². The molecule has 0 aliphatic heterocycles. The van der Waals surface area contributed by atoms with Crippen LogP contribution in [0.3, 0.4) is 0 Å². The highest BCUT2D eigenvalue weighted by molar-refractivity contribution is 5.78. The molecule has 8 nitrogen and oxygen atoms in total. The molecule has 0 heterocycles. The van der Waals surface area contributed by atoms with Gasteiger partial charge in [-0.1, -0.05) is 51.8 Å². The smallest absolute Gasteiger partial charge is 0.306 e. The van der Waals surface area contributed by atoms with Gasteiger partial charge in [-0.05, 0) is 62.4 Å². The van der Waals surface area contributed by atoms with E-state index in [-0.39, 0.29) is 18.9 Å². The molecule has 0 rings (SSSR count). The third-order valence-corrected chi connectivity index (χ3v) is 7.17. The van der Waals surface area contributed by atoms with Gasteiger partial charge in [0.05, 0.1) is 30.8 Å². The molecule has 0 radical (unpaired) electrons. The standard InChI is InChI=1S/C30H55NO7/c1-5-24(12-9-15-26(32)14-7-6-10-22(2)18-23(3)30(36)37)11-8-13-25(21-38-4)16-17-28(34)29(35)19-27(33)20-31/h8,11,13,22-24,27-29,33-35H,5-7,9-10,12,14-21,31H2,1-4H3,(H,36,37)/b11-8+,25-13-/t22-,23+,24+,27+,28-,29+/m1/s1. The fraction of sp³-hybridized carbons (Fsp3) is 0.800. The maximum absolute atomic E-state index is 12.3.